The molecule has 6 heteroatoms. The van der Waals surface area contributed by atoms with Gasteiger partial charge in [-0.3, -0.25) is 0 Å². The maximum Gasteiger partial charge on any atom is 0.240 e. The lowest BCUT2D eigenvalue weighted by molar-refractivity contribution is 0.355. The van der Waals surface area contributed by atoms with Crippen molar-refractivity contribution in [2.45, 2.75) is 0 Å². The second-order valence-electron chi connectivity index (χ2n) is 3.49. The van der Waals surface area contributed by atoms with Crippen LogP contribution >= 0.6 is 0 Å². The van der Waals surface area contributed by atoms with Crippen molar-refractivity contribution in [2.24, 2.45) is 7.05 Å². The normalized spacial score (nSPS) is 10.3. The molecule has 2 aromatic rings. The van der Waals surface area contributed by atoms with Crippen LogP contribution in [0.1, 0.15) is 0 Å². The predicted molar refractivity (Wildman–Crippen MR) is 64.0 cm³/mol. The topological polar surface area (TPSA) is 75.2 Å². The highest BCUT2D eigenvalue weighted by Crippen LogP contribution is 2.31. The fraction of sp³-hybridized carbons (Fsp3) is 0.273. The molecule has 1 aromatic carbocycles. The Bertz CT molecular complexity index is 536. The van der Waals surface area contributed by atoms with Gasteiger partial charge in [-0.2, -0.15) is 4.98 Å². The van der Waals surface area contributed by atoms with Crippen molar-refractivity contribution in [2.75, 3.05) is 20.0 Å². The third kappa shape index (κ3) is 2.01. The Labute approximate surface area is 99.0 Å². The summed E-state index contributed by atoms with van der Waals surface area (Å²) in [6.45, 7) is 0. The lowest BCUT2D eigenvalue weighted by atomic mass is 10.2. The lowest BCUT2D eigenvalue weighted by Gasteiger charge is -2.08. The van der Waals surface area contributed by atoms with Crippen molar-refractivity contribution in [1.82, 2.24) is 14.8 Å². The predicted octanol–water partition coefficient (Wildman–Crippen LogP) is 1.08. The van der Waals surface area contributed by atoms with Crippen molar-refractivity contribution < 1.29 is 9.47 Å². The Morgan fingerprint density at radius 1 is 1.18 bits per heavy atom. The summed E-state index contributed by atoms with van der Waals surface area (Å²) in [5.41, 5.74) is 6.41. The summed E-state index contributed by atoms with van der Waals surface area (Å²) in [5.74, 6) is 2.25. The Morgan fingerprint density at radius 3 is 2.41 bits per heavy atom. The van der Waals surface area contributed by atoms with Gasteiger partial charge in [0.2, 0.25) is 5.95 Å². The van der Waals surface area contributed by atoms with Crippen LogP contribution < -0.4 is 15.2 Å². The quantitative estimate of drug-likeness (QED) is 0.860. The zero-order valence-corrected chi connectivity index (χ0v) is 9.97. The first-order chi connectivity index (χ1) is 8.15. The van der Waals surface area contributed by atoms with E-state index in [2.05, 4.69) is 10.1 Å². The largest absolute Gasteiger partial charge is 0.493 e. The van der Waals surface area contributed by atoms with Crippen LogP contribution in [0.2, 0.25) is 0 Å². The van der Waals surface area contributed by atoms with Gasteiger partial charge in [0.05, 0.1) is 14.2 Å². The van der Waals surface area contributed by atoms with Gasteiger partial charge in [-0.05, 0) is 18.2 Å². The van der Waals surface area contributed by atoms with E-state index in [0.717, 1.165) is 5.56 Å². The summed E-state index contributed by atoms with van der Waals surface area (Å²) in [6, 6.07) is 5.53. The molecule has 0 aliphatic rings. The minimum Gasteiger partial charge on any atom is -0.493 e. The van der Waals surface area contributed by atoms with Crippen LogP contribution in [0.3, 0.4) is 0 Å². The highest BCUT2D eigenvalue weighted by atomic mass is 16.5. The van der Waals surface area contributed by atoms with Crippen molar-refractivity contribution in [3.8, 4) is 22.9 Å². The van der Waals surface area contributed by atoms with Gasteiger partial charge in [0, 0.05) is 12.6 Å². The number of aromatic nitrogens is 3. The number of ether oxygens (including phenoxy) is 2. The lowest BCUT2D eigenvalue weighted by Crippen LogP contribution is -1.96. The minimum atomic E-state index is 0.247. The molecule has 0 saturated carbocycles. The molecule has 0 radical (unpaired) electrons. The summed E-state index contributed by atoms with van der Waals surface area (Å²) in [5, 5.41) is 4.00. The standard InChI is InChI=1S/C11H14N4O2/c1-15-10(13-11(12)14-15)7-4-5-8(16-2)9(6-7)17-3/h4-6H,1-3H3,(H2,12,14). The number of anilines is 1. The first kappa shape index (κ1) is 11.3. The van der Waals surface area contributed by atoms with Gasteiger partial charge < -0.3 is 15.2 Å². The molecule has 0 amide bonds. The molecule has 0 spiro atoms. The monoisotopic (exact) mass is 234 g/mol. The van der Waals surface area contributed by atoms with E-state index in [-0.39, 0.29) is 5.95 Å². The molecule has 17 heavy (non-hydrogen) atoms. The Kier molecular flexibility index (Phi) is 2.86. The summed E-state index contributed by atoms with van der Waals surface area (Å²) < 4.78 is 12.0. The van der Waals surface area contributed by atoms with E-state index < -0.39 is 0 Å². The third-order valence-corrected chi connectivity index (χ3v) is 2.42. The van der Waals surface area contributed by atoms with E-state index in [1.807, 2.05) is 18.2 Å². The molecule has 2 rings (SSSR count). The number of hydrogen-bond acceptors (Lipinski definition) is 5. The number of benzene rings is 1. The molecule has 2 N–H and O–H groups in total. The van der Waals surface area contributed by atoms with Gasteiger partial charge in [-0.25, -0.2) is 4.68 Å². The molecule has 90 valence electrons. The zero-order chi connectivity index (χ0) is 12.4. The summed E-state index contributed by atoms with van der Waals surface area (Å²) in [6.07, 6.45) is 0. The molecule has 0 unspecified atom stereocenters. The van der Waals surface area contributed by atoms with Crippen molar-refractivity contribution in [1.29, 1.82) is 0 Å². The van der Waals surface area contributed by atoms with Crippen LogP contribution in [-0.4, -0.2) is 29.0 Å². The molecule has 0 aliphatic carbocycles. The van der Waals surface area contributed by atoms with Gasteiger partial charge in [0.1, 0.15) is 0 Å². The van der Waals surface area contributed by atoms with Gasteiger partial charge in [0.15, 0.2) is 17.3 Å². The summed E-state index contributed by atoms with van der Waals surface area (Å²) in [4.78, 5) is 4.14. The fourth-order valence-corrected chi connectivity index (χ4v) is 1.63. The molecular weight excluding hydrogens is 220 g/mol. The molecular formula is C11H14N4O2. The SMILES string of the molecule is COc1ccc(-c2nc(N)nn2C)cc1OC. The van der Waals surface area contributed by atoms with Crippen molar-refractivity contribution in [3.63, 3.8) is 0 Å². The third-order valence-electron chi connectivity index (χ3n) is 2.42. The molecule has 0 aliphatic heterocycles. The number of nitrogens with zero attached hydrogens (tertiary/aromatic N) is 3. The van der Waals surface area contributed by atoms with E-state index in [0.29, 0.717) is 17.3 Å². The molecule has 1 heterocycles. The van der Waals surface area contributed by atoms with E-state index in [1.54, 1.807) is 25.9 Å². The van der Waals surface area contributed by atoms with Crippen LogP contribution in [0.25, 0.3) is 11.4 Å². The minimum absolute atomic E-state index is 0.247. The second-order valence-corrected chi connectivity index (χ2v) is 3.49. The van der Waals surface area contributed by atoms with Crippen LogP contribution in [0.4, 0.5) is 5.95 Å². The Hall–Kier alpha value is -2.24. The van der Waals surface area contributed by atoms with Gasteiger partial charge >= 0.3 is 0 Å². The van der Waals surface area contributed by atoms with Gasteiger partial charge in [-0.15, -0.1) is 5.10 Å². The molecule has 6 nitrogen and oxygen atoms in total. The van der Waals surface area contributed by atoms with E-state index >= 15 is 0 Å². The van der Waals surface area contributed by atoms with Crippen LogP contribution in [0.15, 0.2) is 18.2 Å². The molecule has 0 bridgehead atoms. The van der Waals surface area contributed by atoms with E-state index in [1.165, 1.54) is 0 Å². The van der Waals surface area contributed by atoms with Crippen LogP contribution in [0, 0.1) is 0 Å². The van der Waals surface area contributed by atoms with Gasteiger partial charge in [-0.1, -0.05) is 0 Å². The maximum atomic E-state index is 5.54. The number of nitrogen functional groups attached to an aromatic ring is 1. The first-order valence-electron chi connectivity index (χ1n) is 5.04. The number of rotatable bonds is 3. The zero-order valence-electron chi connectivity index (χ0n) is 9.97. The van der Waals surface area contributed by atoms with E-state index in [4.69, 9.17) is 15.2 Å². The summed E-state index contributed by atoms with van der Waals surface area (Å²) >= 11 is 0. The molecule has 0 saturated heterocycles. The molecule has 0 fully saturated rings. The second kappa shape index (κ2) is 4.32. The summed E-state index contributed by atoms with van der Waals surface area (Å²) in [7, 11) is 4.97. The Morgan fingerprint density at radius 2 is 1.88 bits per heavy atom. The molecule has 1 aromatic heterocycles. The number of nitrogens with two attached hydrogens (primary N) is 1. The average Bonchev–Trinajstić information content (AvgIpc) is 2.67. The van der Waals surface area contributed by atoms with Crippen molar-refractivity contribution >= 4 is 5.95 Å². The Balaban J connectivity index is 2.50. The number of methoxy groups -OCH3 is 2. The van der Waals surface area contributed by atoms with Crippen molar-refractivity contribution in [3.05, 3.63) is 18.2 Å². The highest BCUT2D eigenvalue weighted by molar-refractivity contribution is 5.62. The number of hydrogen-bond donors (Lipinski definition) is 1. The van der Waals surface area contributed by atoms with Crippen LogP contribution in [0.5, 0.6) is 11.5 Å². The average molecular weight is 234 g/mol. The van der Waals surface area contributed by atoms with Crippen LogP contribution in [-0.2, 0) is 7.05 Å². The first-order valence-corrected chi connectivity index (χ1v) is 5.04. The smallest absolute Gasteiger partial charge is 0.240 e. The van der Waals surface area contributed by atoms with E-state index in [9.17, 15) is 0 Å². The maximum absolute atomic E-state index is 5.54. The van der Waals surface area contributed by atoms with Gasteiger partial charge in [0.25, 0.3) is 0 Å². The fourth-order valence-electron chi connectivity index (χ4n) is 1.63. The number of aryl methyl sites for hydroxylation is 1. The molecule has 0 atom stereocenters. The highest BCUT2D eigenvalue weighted by Gasteiger charge is 2.11.